The Labute approximate surface area is 114 Å². The second-order valence-electron chi connectivity index (χ2n) is 4.08. The highest BCUT2D eigenvalue weighted by molar-refractivity contribution is 7.13. The molecule has 0 bridgehead atoms. The number of amides is 1. The van der Waals surface area contributed by atoms with Gasteiger partial charge < -0.3 is 11.1 Å². The molecule has 0 fully saturated rings. The van der Waals surface area contributed by atoms with Crippen LogP contribution in [0.3, 0.4) is 0 Å². The first kappa shape index (κ1) is 13.5. The number of carbonyl (C=O) groups is 1. The molecule has 0 radical (unpaired) electrons. The van der Waals surface area contributed by atoms with Gasteiger partial charge in [0.2, 0.25) is 5.91 Å². The van der Waals surface area contributed by atoms with E-state index in [0.717, 1.165) is 5.56 Å². The Hall–Kier alpha value is -1.95. The van der Waals surface area contributed by atoms with Gasteiger partial charge in [-0.15, -0.1) is 11.3 Å². The average molecular weight is 279 g/mol. The molecule has 0 spiro atoms. The summed E-state index contributed by atoms with van der Waals surface area (Å²) in [4.78, 5) is 15.6. The Balaban J connectivity index is 1.73. The quantitative estimate of drug-likeness (QED) is 0.876. The summed E-state index contributed by atoms with van der Waals surface area (Å²) in [5, 5.41) is 5.03. The smallest absolute Gasteiger partial charge is 0.226 e. The number of nitrogens with zero attached hydrogens (tertiary/aromatic N) is 1. The van der Waals surface area contributed by atoms with E-state index in [4.69, 9.17) is 5.73 Å². The molecular weight excluding hydrogens is 265 g/mol. The number of halogens is 1. The van der Waals surface area contributed by atoms with E-state index in [9.17, 15) is 9.18 Å². The second-order valence-corrected chi connectivity index (χ2v) is 4.97. The first-order valence-electron chi connectivity index (χ1n) is 5.84. The van der Waals surface area contributed by atoms with Gasteiger partial charge in [-0.1, -0.05) is 12.1 Å². The standard InChI is InChI=1S/C13H14FN3OS/c14-10-3-1-9(2-4-10)5-6-16-12(18)7-11-8-19-13(15)17-11/h1-4,8H,5-7H2,(H2,15,17)(H,16,18). The molecule has 0 atom stereocenters. The molecule has 100 valence electrons. The molecule has 0 saturated carbocycles. The van der Waals surface area contributed by atoms with E-state index in [2.05, 4.69) is 10.3 Å². The summed E-state index contributed by atoms with van der Waals surface area (Å²) < 4.78 is 12.7. The van der Waals surface area contributed by atoms with Gasteiger partial charge in [0, 0.05) is 11.9 Å². The van der Waals surface area contributed by atoms with Gasteiger partial charge >= 0.3 is 0 Å². The van der Waals surface area contributed by atoms with Crippen LogP contribution in [0.4, 0.5) is 9.52 Å². The molecule has 19 heavy (non-hydrogen) atoms. The van der Waals surface area contributed by atoms with Crippen molar-refractivity contribution in [2.75, 3.05) is 12.3 Å². The predicted molar refractivity (Wildman–Crippen MR) is 73.3 cm³/mol. The van der Waals surface area contributed by atoms with Crippen molar-refractivity contribution in [3.8, 4) is 0 Å². The topological polar surface area (TPSA) is 68.0 Å². The maximum Gasteiger partial charge on any atom is 0.226 e. The molecule has 1 aromatic carbocycles. The lowest BCUT2D eigenvalue weighted by Crippen LogP contribution is -2.27. The number of hydrogen-bond acceptors (Lipinski definition) is 4. The molecule has 3 N–H and O–H groups in total. The molecule has 0 aliphatic rings. The lowest BCUT2D eigenvalue weighted by molar-refractivity contribution is -0.120. The molecule has 1 aromatic heterocycles. The Morgan fingerprint density at radius 1 is 1.37 bits per heavy atom. The van der Waals surface area contributed by atoms with Gasteiger partial charge in [-0.05, 0) is 24.1 Å². The van der Waals surface area contributed by atoms with Crippen LogP contribution in [0, 0.1) is 5.82 Å². The summed E-state index contributed by atoms with van der Waals surface area (Å²) in [6.07, 6.45) is 0.905. The number of thiazole rings is 1. The lowest BCUT2D eigenvalue weighted by atomic mass is 10.1. The van der Waals surface area contributed by atoms with Crippen molar-refractivity contribution in [3.05, 3.63) is 46.7 Å². The SMILES string of the molecule is Nc1nc(CC(=O)NCCc2ccc(F)cc2)cs1. The third kappa shape index (κ3) is 4.33. The molecule has 6 heteroatoms. The fourth-order valence-corrected chi connectivity index (χ4v) is 2.19. The molecule has 1 amide bonds. The van der Waals surface area contributed by atoms with Crippen LogP contribution < -0.4 is 11.1 Å². The number of rotatable bonds is 5. The number of nitrogens with one attached hydrogen (secondary N) is 1. The van der Waals surface area contributed by atoms with Gasteiger partial charge in [-0.3, -0.25) is 4.79 Å². The van der Waals surface area contributed by atoms with Crippen molar-refractivity contribution in [1.82, 2.24) is 10.3 Å². The van der Waals surface area contributed by atoms with Crippen LogP contribution >= 0.6 is 11.3 Å². The number of aromatic nitrogens is 1. The van der Waals surface area contributed by atoms with Gasteiger partial charge in [0.1, 0.15) is 5.82 Å². The molecule has 0 aliphatic carbocycles. The Bertz CT molecular complexity index is 553. The molecule has 0 unspecified atom stereocenters. The van der Waals surface area contributed by atoms with E-state index in [1.165, 1.54) is 23.5 Å². The van der Waals surface area contributed by atoms with Gasteiger partial charge in [0.15, 0.2) is 5.13 Å². The van der Waals surface area contributed by atoms with Crippen LogP contribution in [0.1, 0.15) is 11.3 Å². The molecule has 0 saturated heterocycles. The molecule has 1 heterocycles. The zero-order valence-corrected chi connectivity index (χ0v) is 11.0. The number of hydrogen-bond donors (Lipinski definition) is 2. The number of anilines is 1. The minimum Gasteiger partial charge on any atom is -0.375 e. The fourth-order valence-electron chi connectivity index (χ4n) is 1.63. The van der Waals surface area contributed by atoms with Crippen molar-refractivity contribution in [2.24, 2.45) is 0 Å². The maximum absolute atomic E-state index is 12.7. The minimum atomic E-state index is -0.256. The summed E-state index contributed by atoms with van der Waals surface area (Å²) >= 11 is 1.32. The summed E-state index contributed by atoms with van der Waals surface area (Å²) in [6, 6.07) is 6.25. The predicted octanol–water partition coefficient (Wildman–Crippen LogP) is 1.77. The van der Waals surface area contributed by atoms with E-state index >= 15 is 0 Å². The maximum atomic E-state index is 12.7. The summed E-state index contributed by atoms with van der Waals surface area (Å²) in [6.45, 7) is 0.518. The third-order valence-corrected chi connectivity index (χ3v) is 3.28. The molecular formula is C13H14FN3OS. The van der Waals surface area contributed by atoms with E-state index in [1.807, 2.05) is 0 Å². The zero-order valence-electron chi connectivity index (χ0n) is 10.2. The van der Waals surface area contributed by atoms with Crippen LogP contribution in [-0.2, 0) is 17.6 Å². The van der Waals surface area contributed by atoms with Crippen LogP contribution in [0.2, 0.25) is 0 Å². The van der Waals surface area contributed by atoms with Crippen molar-refractivity contribution < 1.29 is 9.18 Å². The first-order chi connectivity index (χ1) is 9.13. The van der Waals surface area contributed by atoms with E-state index in [1.54, 1.807) is 17.5 Å². The number of nitrogen functional groups attached to an aromatic ring is 1. The van der Waals surface area contributed by atoms with Gasteiger partial charge in [0.25, 0.3) is 0 Å². The molecule has 0 aliphatic heterocycles. The normalized spacial score (nSPS) is 10.4. The van der Waals surface area contributed by atoms with Gasteiger partial charge in [-0.2, -0.15) is 0 Å². The van der Waals surface area contributed by atoms with Crippen LogP contribution in [0.15, 0.2) is 29.6 Å². The van der Waals surface area contributed by atoms with Crippen LogP contribution in [0.5, 0.6) is 0 Å². The van der Waals surface area contributed by atoms with Crippen molar-refractivity contribution in [2.45, 2.75) is 12.8 Å². The Kier molecular flexibility index (Phi) is 4.46. The van der Waals surface area contributed by atoms with Crippen molar-refractivity contribution >= 4 is 22.4 Å². The minimum absolute atomic E-state index is 0.0904. The first-order valence-corrected chi connectivity index (χ1v) is 6.72. The highest BCUT2D eigenvalue weighted by Crippen LogP contribution is 2.11. The highest BCUT2D eigenvalue weighted by Gasteiger charge is 2.06. The zero-order chi connectivity index (χ0) is 13.7. The number of benzene rings is 1. The monoisotopic (exact) mass is 279 g/mol. The summed E-state index contributed by atoms with van der Waals surface area (Å²) in [5.74, 6) is -0.346. The van der Waals surface area contributed by atoms with Gasteiger partial charge in [0.05, 0.1) is 12.1 Å². The van der Waals surface area contributed by atoms with Crippen LogP contribution in [-0.4, -0.2) is 17.4 Å². The average Bonchev–Trinajstić information content (AvgIpc) is 2.77. The molecule has 4 nitrogen and oxygen atoms in total. The van der Waals surface area contributed by atoms with Crippen LogP contribution in [0.25, 0.3) is 0 Å². The lowest BCUT2D eigenvalue weighted by Gasteiger charge is -2.04. The van der Waals surface area contributed by atoms with E-state index in [0.29, 0.717) is 23.8 Å². The third-order valence-electron chi connectivity index (χ3n) is 2.56. The van der Waals surface area contributed by atoms with Gasteiger partial charge in [-0.25, -0.2) is 9.37 Å². The van der Waals surface area contributed by atoms with E-state index < -0.39 is 0 Å². The molecule has 2 aromatic rings. The summed E-state index contributed by atoms with van der Waals surface area (Å²) in [5.41, 5.74) is 7.16. The largest absolute Gasteiger partial charge is 0.375 e. The van der Waals surface area contributed by atoms with E-state index in [-0.39, 0.29) is 18.1 Å². The van der Waals surface area contributed by atoms with Crippen molar-refractivity contribution in [1.29, 1.82) is 0 Å². The molecule has 2 rings (SSSR count). The van der Waals surface area contributed by atoms with Crippen molar-refractivity contribution in [3.63, 3.8) is 0 Å². The fraction of sp³-hybridized carbons (Fsp3) is 0.231. The second kappa shape index (κ2) is 6.29. The number of nitrogens with two attached hydrogens (primary N) is 1. The number of carbonyl (C=O) groups excluding carboxylic acids is 1. The Morgan fingerprint density at radius 2 is 2.11 bits per heavy atom. The highest BCUT2D eigenvalue weighted by atomic mass is 32.1. The summed E-state index contributed by atoms with van der Waals surface area (Å²) in [7, 11) is 0. The Morgan fingerprint density at radius 3 is 2.74 bits per heavy atom.